The number of hydrogen-bond acceptors (Lipinski definition) is 4. The van der Waals surface area contributed by atoms with Gasteiger partial charge in [0.1, 0.15) is 6.07 Å². The first-order chi connectivity index (χ1) is 13.1. The van der Waals surface area contributed by atoms with E-state index in [2.05, 4.69) is 16.0 Å². The van der Waals surface area contributed by atoms with E-state index in [0.29, 0.717) is 33.1 Å². The lowest BCUT2D eigenvalue weighted by atomic mass is 10.1. The zero-order valence-electron chi connectivity index (χ0n) is 14.5. The third kappa shape index (κ3) is 2.29. The van der Waals surface area contributed by atoms with Crippen LogP contribution in [0.2, 0.25) is 5.02 Å². The molecule has 3 aromatic heterocycles. The van der Waals surface area contributed by atoms with Gasteiger partial charge in [-0.2, -0.15) is 5.26 Å². The van der Waals surface area contributed by atoms with Crippen LogP contribution in [0.15, 0.2) is 41.6 Å². The fraction of sp³-hybridized carbons (Fsp3) is 0.200. The zero-order valence-corrected chi connectivity index (χ0v) is 15.2. The summed E-state index contributed by atoms with van der Waals surface area (Å²) in [5.41, 5.74) is 3.52. The fourth-order valence-electron chi connectivity index (χ4n) is 3.65. The molecule has 27 heavy (non-hydrogen) atoms. The molecule has 0 N–H and O–H groups in total. The number of nitrogens with zero attached hydrogens (tertiary/aromatic N) is 5. The van der Waals surface area contributed by atoms with Gasteiger partial charge < -0.3 is 4.57 Å². The number of imidazole rings is 1. The lowest BCUT2D eigenvalue weighted by molar-refractivity contribution is 0.941. The van der Waals surface area contributed by atoms with Crippen molar-refractivity contribution < 1.29 is 0 Å². The molecular formula is C20H14ClN5O. The Bertz CT molecular complexity index is 1340. The summed E-state index contributed by atoms with van der Waals surface area (Å²) >= 11 is 6.32. The van der Waals surface area contributed by atoms with Crippen molar-refractivity contribution in [3.8, 4) is 11.8 Å². The second-order valence-electron chi connectivity index (χ2n) is 6.84. The van der Waals surface area contributed by atoms with Crippen molar-refractivity contribution in [3.63, 3.8) is 0 Å². The third-order valence-corrected chi connectivity index (χ3v) is 5.38. The minimum Gasteiger partial charge on any atom is -0.333 e. The van der Waals surface area contributed by atoms with Crippen LogP contribution in [0.3, 0.4) is 0 Å². The van der Waals surface area contributed by atoms with Crippen molar-refractivity contribution in [1.82, 2.24) is 19.1 Å². The van der Waals surface area contributed by atoms with Crippen LogP contribution in [0, 0.1) is 11.3 Å². The maximum atomic E-state index is 13.4. The second-order valence-corrected chi connectivity index (χ2v) is 7.24. The molecule has 0 bridgehead atoms. The van der Waals surface area contributed by atoms with Crippen LogP contribution in [0.5, 0.6) is 0 Å². The van der Waals surface area contributed by atoms with Crippen LogP contribution in [-0.4, -0.2) is 19.1 Å². The van der Waals surface area contributed by atoms with Crippen molar-refractivity contribution in [2.75, 3.05) is 0 Å². The van der Waals surface area contributed by atoms with Gasteiger partial charge >= 0.3 is 0 Å². The summed E-state index contributed by atoms with van der Waals surface area (Å²) < 4.78 is 3.43. The van der Waals surface area contributed by atoms with E-state index in [1.807, 2.05) is 19.2 Å². The number of aryl methyl sites for hydroxylation is 1. The van der Waals surface area contributed by atoms with Crippen LogP contribution in [-0.2, 0) is 7.05 Å². The van der Waals surface area contributed by atoms with E-state index >= 15 is 0 Å². The minimum absolute atomic E-state index is 0.214. The Morgan fingerprint density at radius 2 is 2.11 bits per heavy atom. The van der Waals surface area contributed by atoms with Gasteiger partial charge in [-0.1, -0.05) is 11.6 Å². The molecule has 6 nitrogen and oxygen atoms in total. The summed E-state index contributed by atoms with van der Waals surface area (Å²) in [5, 5.41) is 10.5. The summed E-state index contributed by atoms with van der Waals surface area (Å²) in [5.74, 6) is 0.372. The Kier molecular flexibility index (Phi) is 3.36. The first-order valence-electron chi connectivity index (χ1n) is 8.65. The Labute approximate surface area is 159 Å². The van der Waals surface area contributed by atoms with Crippen LogP contribution in [0.25, 0.3) is 27.6 Å². The highest BCUT2D eigenvalue weighted by molar-refractivity contribution is 6.32. The second kappa shape index (κ2) is 5.66. The zero-order chi connectivity index (χ0) is 18.7. The lowest BCUT2D eigenvalue weighted by Gasteiger charge is -2.15. The molecule has 0 amide bonds. The number of pyridine rings is 2. The van der Waals surface area contributed by atoms with E-state index in [1.54, 1.807) is 33.8 Å². The molecule has 0 unspecified atom stereocenters. The number of rotatable bonds is 2. The Balaban J connectivity index is 2.01. The number of halogens is 1. The number of hydrogen-bond donors (Lipinski definition) is 0. The summed E-state index contributed by atoms with van der Waals surface area (Å²) in [6.07, 6.45) is 5.51. The molecule has 0 saturated heterocycles. The number of nitriles is 1. The highest BCUT2D eigenvalue weighted by atomic mass is 35.5. The smallest absolute Gasteiger partial charge is 0.283 e. The van der Waals surface area contributed by atoms with Gasteiger partial charge in [0, 0.05) is 24.5 Å². The van der Waals surface area contributed by atoms with Crippen molar-refractivity contribution in [2.24, 2.45) is 7.05 Å². The average molecular weight is 376 g/mol. The molecule has 5 rings (SSSR count). The molecule has 1 aromatic carbocycles. The van der Waals surface area contributed by atoms with Gasteiger partial charge in [0.2, 0.25) is 0 Å². The standard InChI is InChI=1S/C20H14ClN5O/c1-25-10-24-18-19(25)13-7-12(9-22)14(21)8-16(13)26(20(18)27)15-3-2-6-23-17(15)11-4-5-11/h2-3,6-8,10-11H,4-5H2,1H3. The largest absolute Gasteiger partial charge is 0.333 e. The highest BCUT2D eigenvalue weighted by Gasteiger charge is 2.29. The first kappa shape index (κ1) is 16.0. The molecule has 3 heterocycles. The molecule has 1 aliphatic rings. The molecule has 0 radical (unpaired) electrons. The predicted molar refractivity (Wildman–Crippen MR) is 103 cm³/mol. The van der Waals surface area contributed by atoms with E-state index in [9.17, 15) is 10.1 Å². The summed E-state index contributed by atoms with van der Waals surface area (Å²) in [6.45, 7) is 0. The molecule has 7 heteroatoms. The Morgan fingerprint density at radius 1 is 1.30 bits per heavy atom. The summed E-state index contributed by atoms with van der Waals surface area (Å²) in [7, 11) is 1.83. The van der Waals surface area contributed by atoms with Gasteiger partial charge in [0.25, 0.3) is 5.56 Å². The molecule has 1 saturated carbocycles. The lowest BCUT2D eigenvalue weighted by Crippen LogP contribution is -2.21. The maximum Gasteiger partial charge on any atom is 0.283 e. The van der Waals surface area contributed by atoms with Gasteiger partial charge in [-0.05, 0) is 37.1 Å². The normalized spacial score (nSPS) is 14.0. The number of benzene rings is 1. The van der Waals surface area contributed by atoms with Crippen LogP contribution in [0.4, 0.5) is 0 Å². The first-order valence-corrected chi connectivity index (χ1v) is 9.02. The molecule has 1 fully saturated rings. The number of aromatic nitrogens is 4. The van der Waals surface area contributed by atoms with E-state index in [0.717, 1.165) is 29.6 Å². The van der Waals surface area contributed by atoms with Crippen molar-refractivity contribution in [3.05, 3.63) is 63.4 Å². The molecule has 132 valence electrons. The predicted octanol–water partition coefficient (Wildman–Crippen LogP) is 3.67. The fourth-order valence-corrected chi connectivity index (χ4v) is 3.85. The molecule has 1 aliphatic carbocycles. The topological polar surface area (TPSA) is 76.5 Å². The van der Waals surface area contributed by atoms with E-state index in [4.69, 9.17) is 11.6 Å². The van der Waals surface area contributed by atoms with Gasteiger partial charge in [-0.15, -0.1) is 0 Å². The van der Waals surface area contributed by atoms with E-state index < -0.39 is 0 Å². The van der Waals surface area contributed by atoms with Crippen molar-refractivity contribution in [1.29, 1.82) is 5.26 Å². The van der Waals surface area contributed by atoms with E-state index in [1.165, 1.54) is 0 Å². The van der Waals surface area contributed by atoms with Gasteiger partial charge in [-0.3, -0.25) is 14.3 Å². The molecule has 4 aromatic rings. The molecule has 0 aliphatic heterocycles. The Morgan fingerprint density at radius 3 is 2.85 bits per heavy atom. The molecule has 0 atom stereocenters. The van der Waals surface area contributed by atoms with Crippen LogP contribution < -0.4 is 5.56 Å². The monoisotopic (exact) mass is 375 g/mol. The minimum atomic E-state index is -0.214. The SMILES string of the molecule is Cn1cnc2c(=O)n(-c3cccnc3C3CC3)c3cc(Cl)c(C#N)cc3c21. The van der Waals surface area contributed by atoms with Crippen molar-refractivity contribution in [2.45, 2.75) is 18.8 Å². The summed E-state index contributed by atoms with van der Waals surface area (Å²) in [4.78, 5) is 22.2. The van der Waals surface area contributed by atoms with Crippen LogP contribution >= 0.6 is 11.6 Å². The third-order valence-electron chi connectivity index (χ3n) is 5.07. The Hall–Kier alpha value is -3.17. The van der Waals surface area contributed by atoms with Gasteiger partial charge in [-0.25, -0.2) is 4.98 Å². The summed E-state index contributed by atoms with van der Waals surface area (Å²) in [6, 6.07) is 9.26. The highest BCUT2D eigenvalue weighted by Crippen LogP contribution is 2.42. The maximum absolute atomic E-state index is 13.4. The van der Waals surface area contributed by atoms with E-state index in [-0.39, 0.29) is 5.56 Å². The van der Waals surface area contributed by atoms with Crippen LogP contribution in [0.1, 0.15) is 30.0 Å². The van der Waals surface area contributed by atoms with Gasteiger partial charge in [0.15, 0.2) is 5.52 Å². The van der Waals surface area contributed by atoms with Crippen molar-refractivity contribution >= 4 is 33.5 Å². The quantitative estimate of drug-likeness (QED) is 0.535. The number of fused-ring (bicyclic) bond motifs is 3. The molecule has 0 spiro atoms. The molecular weight excluding hydrogens is 362 g/mol. The van der Waals surface area contributed by atoms with Gasteiger partial charge in [0.05, 0.1) is 39.3 Å². The average Bonchev–Trinajstić information content (AvgIpc) is 3.44.